The molecule has 3 heterocycles. The van der Waals surface area contributed by atoms with Gasteiger partial charge in [-0.3, -0.25) is 14.5 Å². The molecule has 0 aromatic heterocycles. The van der Waals surface area contributed by atoms with E-state index in [-0.39, 0.29) is 23.7 Å². The maximum atomic E-state index is 15.1. The third kappa shape index (κ3) is 5.97. The van der Waals surface area contributed by atoms with E-state index in [0.29, 0.717) is 47.4 Å². The Bertz CT molecular complexity index is 1630. The van der Waals surface area contributed by atoms with Crippen molar-refractivity contribution >= 4 is 34.9 Å². The molecule has 9 nitrogen and oxygen atoms in total. The smallest absolute Gasteiger partial charge is 0.321 e. The van der Waals surface area contributed by atoms with Crippen molar-refractivity contribution in [2.24, 2.45) is 16.8 Å². The van der Waals surface area contributed by atoms with E-state index in [2.05, 4.69) is 15.6 Å². The molecule has 1 atom stereocenters. The van der Waals surface area contributed by atoms with Gasteiger partial charge in [0.1, 0.15) is 12.4 Å². The SMILES string of the molecule is N#Cc1cccc(NC(=O)NC2N=C(c3ccccc3F)c3ccccc3N(CC(=O)N3CC4CCC(CC4)C3)C2=O)c1. The monoisotopic (exact) mass is 578 g/mol. The number of hydrogen-bond acceptors (Lipinski definition) is 5. The van der Waals surface area contributed by atoms with E-state index in [0.717, 1.165) is 25.7 Å². The number of hydrogen-bond donors (Lipinski definition) is 2. The number of halogens is 1. The van der Waals surface area contributed by atoms with Gasteiger partial charge < -0.3 is 15.5 Å². The topological polar surface area (TPSA) is 118 Å². The summed E-state index contributed by atoms with van der Waals surface area (Å²) in [5.41, 5.74) is 1.92. The van der Waals surface area contributed by atoms with Crippen molar-refractivity contribution in [1.82, 2.24) is 10.2 Å². The molecule has 2 bridgehead atoms. The first-order valence-corrected chi connectivity index (χ1v) is 14.5. The number of nitrogens with zero attached hydrogens (tertiary/aromatic N) is 4. The molecule has 3 aromatic carbocycles. The number of nitriles is 1. The Morgan fingerprint density at radius 1 is 0.930 bits per heavy atom. The van der Waals surface area contributed by atoms with Gasteiger partial charge in [0.2, 0.25) is 12.1 Å². The highest BCUT2D eigenvalue weighted by molar-refractivity contribution is 6.21. The highest BCUT2D eigenvalue weighted by atomic mass is 19.1. The first-order valence-electron chi connectivity index (χ1n) is 14.5. The molecule has 43 heavy (non-hydrogen) atoms. The van der Waals surface area contributed by atoms with Crippen LogP contribution >= 0.6 is 0 Å². The second kappa shape index (κ2) is 12.1. The van der Waals surface area contributed by atoms with Gasteiger partial charge in [-0.1, -0.05) is 36.4 Å². The number of para-hydroxylation sites is 1. The zero-order valence-corrected chi connectivity index (χ0v) is 23.5. The summed E-state index contributed by atoms with van der Waals surface area (Å²) in [6, 6.07) is 20.6. The van der Waals surface area contributed by atoms with Gasteiger partial charge in [-0.2, -0.15) is 5.26 Å². The van der Waals surface area contributed by atoms with E-state index < -0.39 is 23.9 Å². The lowest BCUT2D eigenvalue weighted by Gasteiger charge is -2.29. The molecule has 2 saturated heterocycles. The van der Waals surface area contributed by atoms with Crippen molar-refractivity contribution in [2.45, 2.75) is 31.8 Å². The number of rotatable bonds is 5. The summed E-state index contributed by atoms with van der Waals surface area (Å²) in [6.07, 6.45) is 2.97. The van der Waals surface area contributed by atoms with Crippen molar-refractivity contribution in [3.63, 3.8) is 0 Å². The zero-order valence-electron chi connectivity index (χ0n) is 23.5. The molecule has 10 heteroatoms. The van der Waals surface area contributed by atoms with E-state index in [1.165, 1.54) is 17.0 Å². The number of fused-ring (bicyclic) bond motifs is 5. The summed E-state index contributed by atoms with van der Waals surface area (Å²) < 4.78 is 15.1. The van der Waals surface area contributed by atoms with Crippen LogP contribution in [0.5, 0.6) is 0 Å². The third-order valence-corrected chi connectivity index (χ3v) is 8.42. The van der Waals surface area contributed by atoms with E-state index >= 15 is 4.39 Å². The zero-order chi connectivity index (χ0) is 29.9. The van der Waals surface area contributed by atoms with Crippen molar-refractivity contribution in [2.75, 3.05) is 29.9 Å². The van der Waals surface area contributed by atoms with Crippen LogP contribution in [0.1, 0.15) is 42.4 Å². The highest BCUT2D eigenvalue weighted by Crippen LogP contribution is 2.34. The fourth-order valence-corrected chi connectivity index (χ4v) is 6.25. The first-order chi connectivity index (χ1) is 20.9. The molecule has 0 spiro atoms. The molecular formula is C33H31FN6O3. The summed E-state index contributed by atoms with van der Waals surface area (Å²) in [7, 11) is 0. The Kier molecular flexibility index (Phi) is 7.88. The Morgan fingerprint density at radius 3 is 2.30 bits per heavy atom. The maximum absolute atomic E-state index is 15.1. The number of benzene rings is 3. The number of amides is 4. The normalized spacial score (nSPS) is 21.2. The fraction of sp³-hybridized carbons (Fsp3) is 0.303. The van der Waals surface area contributed by atoms with Crippen LogP contribution < -0.4 is 15.5 Å². The van der Waals surface area contributed by atoms with Crippen LogP contribution in [-0.4, -0.2) is 54.3 Å². The summed E-state index contributed by atoms with van der Waals surface area (Å²) >= 11 is 0. The molecule has 3 aliphatic heterocycles. The number of nitrogens with one attached hydrogen (secondary N) is 2. The van der Waals surface area contributed by atoms with Crippen molar-refractivity contribution in [3.05, 3.63) is 95.3 Å². The minimum atomic E-state index is -1.46. The average Bonchev–Trinajstić information content (AvgIpc) is 3.40. The quantitative estimate of drug-likeness (QED) is 0.457. The molecule has 3 aromatic rings. The van der Waals surface area contributed by atoms with Crippen molar-refractivity contribution in [1.29, 1.82) is 5.26 Å². The molecule has 1 aliphatic carbocycles. The van der Waals surface area contributed by atoms with Gasteiger partial charge in [0, 0.05) is 29.9 Å². The lowest BCUT2D eigenvalue weighted by Crippen LogP contribution is -2.51. The van der Waals surface area contributed by atoms with E-state index in [4.69, 9.17) is 0 Å². The van der Waals surface area contributed by atoms with Crippen LogP contribution in [0.3, 0.4) is 0 Å². The molecular weight excluding hydrogens is 547 g/mol. The molecule has 1 unspecified atom stereocenters. The van der Waals surface area contributed by atoms with Crippen molar-refractivity contribution in [3.8, 4) is 6.07 Å². The van der Waals surface area contributed by atoms with Crippen LogP contribution in [0.15, 0.2) is 77.8 Å². The molecule has 2 N–H and O–H groups in total. The lowest BCUT2D eigenvalue weighted by molar-refractivity contribution is -0.132. The number of carbonyl (C=O) groups excluding carboxylic acids is 3. The third-order valence-electron chi connectivity index (χ3n) is 8.42. The van der Waals surface area contributed by atoms with Gasteiger partial charge in [-0.05, 0) is 73.9 Å². The van der Waals surface area contributed by atoms with Gasteiger partial charge in [0.15, 0.2) is 0 Å². The van der Waals surface area contributed by atoms with Crippen LogP contribution in [0.25, 0.3) is 0 Å². The van der Waals surface area contributed by atoms with E-state index in [1.54, 1.807) is 60.7 Å². The molecule has 3 fully saturated rings. The van der Waals surface area contributed by atoms with E-state index in [9.17, 15) is 19.6 Å². The largest absolute Gasteiger partial charge is 0.341 e. The summed E-state index contributed by atoms with van der Waals surface area (Å²) in [5.74, 6) is -0.407. The summed E-state index contributed by atoms with van der Waals surface area (Å²) in [5, 5.41) is 14.4. The van der Waals surface area contributed by atoms with Gasteiger partial charge in [-0.25, -0.2) is 14.2 Å². The minimum absolute atomic E-state index is 0.161. The van der Waals surface area contributed by atoms with Gasteiger partial charge in [-0.15, -0.1) is 0 Å². The number of aliphatic imine (C=N–C) groups is 1. The number of anilines is 2. The predicted octanol–water partition coefficient (Wildman–Crippen LogP) is 4.68. The van der Waals surface area contributed by atoms with Crippen molar-refractivity contribution < 1.29 is 18.8 Å². The maximum Gasteiger partial charge on any atom is 0.321 e. The lowest BCUT2D eigenvalue weighted by atomic mass is 9.84. The van der Waals surface area contributed by atoms with Crippen LogP contribution in [0.4, 0.5) is 20.6 Å². The first kappa shape index (κ1) is 28.1. The Balaban J connectivity index is 1.35. The Hall–Kier alpha value is -5.04. The standard InChI is InChI=1S/C33H31FN6O3/c34-27-10-3-1-8-25(27)30-26-9-2-4-11-28(26)40(20-29(41)39-18-21-12-13-22(19-39)15-14-21)32(42)31(37-30)38-33(43)36-24-7-5-6-23(16-24)17-35/h1-11,16,21-22,31H,12-15,18-20H2,(H2,36,38,43). The highest BCUT2D eigenvalue weighted by Gasteiger charge is 2.37. The number of urea groups is 1. The minimum Gasteiger partial charge on any atom is -0.341 e. The molecule has 7 rings (SSSR count). The molecule has 4 aliphatic rings. The van der Waals surface area contributed by atoms with Crippen LogP contribution in [0, 0.1) is 29.0 Å². The summed E-state index contributed by atoms with van der Waals surface area (Å²) in [6.45, 7) is 1.10. The second-order valence-electron chi connectivity index (χ2n) is 11.3. The average molecular weight is 579 g/mol. The summed E-state index contributed by atoms with van der Waals surface area (Å²) in [4.78, 5) is 48.8. The number of carbonyl (C=O) groups is 3. The van der Waals surface area contributed by atoms with Crippen LogP contribution in [-0.2, 0) is 9.59 Å². The Labute approximate surface area is 249 Å². The van der Waals surface area contributed by atoms with Crippen LogP contribution in [0.2, 0.25) is 0 Å². The molecule has 4 amide bonds. The second-order valence-corrected chi connectivity index (χ2v) is 11.3. The Morgan fingerprint density at radius 2 is 1.60 bits per heavy atom. The number of benzodiazepines with no additional fused rings is 1. The van der Waals surface area contributed by atoms with Gasteiger partial charge in [0.25, 0.3) is 5.91 Å². The van der Waals surface area contributed by atoms with Gasteiger partial charge >= 0.3 is 6.03 Å². The molecule has 218 valence electrons. The fourth-order valence-electron chi connectivity index (χ4n) is 6.25. The molecule has 0 radical (unpaired) electrons. The van der Waals surface area contributed by atoms with E-state index in [1.807, 2.05) is 11.0 Å². The predicted molar refractivity (Wildman–Crippen MR) is 160 cm³/mol. The molecule has 1 saturated carbocycles. The van der Waals surface area contributed by atoms with Gasteiger partial charge in [0.05, 0.1) is 23.0 Å².